The lowest BCUT2D eigenvalue weighted by Crippen LogP contribution is -2.39. The summed E-state index contributed by atoms with van der Waals surface area (Å²) in [4.78, 5) is 30.0. The van der Waals surface area contributed by atoms with Crippen molar-refractivity contribution in [2.75, 3.05) is 20.3 Å². The Morgan fingerprint density at radius 3 is 2.96 bits per heavy atom. The Bertz CT molecular complexity index is 681. The molecule has 9 heteroatoms. The topological polar surface area (TPSA) is 113 Å². The second kappa shape index (κ2) is 8.25. The van der Waals surface area contributed by atoms with Crippen LogP contribution in [0, 0.1) is 0 Å². The number of imidazole rings is 1. The molecule has 3 heterocycles. The van der Waals surface area contributed by atoms with Crippen molar-refractivity contribution in [2.24, 2.45) is 7.05 Å². The predicted octanol–water partition coefficient (Wildman–Crippen LogP) is 0.355. The van der Waals surface area contributed by atoms with Gasteiger partial charge in [0.05, 0.1) is 43.5 Å². The van der Waals surface area contributed by atoms with Crippen molar-refractivity contribution in [3.63, 3.8) is 0 Å². The molecule has 1 aliphatic heterocycles. The fourth-order valence-corrected chi connectivity index (χ4v) is 2.74. The molecule has 2 aromatic heterocycles. The number of ether oxygens (including phenoxy) is 1. The minimum absolute atomic E-state index is 0.0696. The molecule has 1 amide bonds. The van der Waals surface area contributed by atoms with Crippen molar-refractivity contribution in [1.82, 2.24) is 24.6 Å². The van der Waals surface area contributed by atoms with Gasteiger partial charge < -0.3 is 19.7 Å². The number of nitrogens with zero attached hydrogens (tertiary/aromatic N) is 4. The summed E-state index contributed by atoms with van der Waals surface area (Å²) in [5.74, 6) is 0.172. The fraction of sp³-hybridized carbons (Fsp3) is 0.467. The van der Waals surface area contributed by atoms with E-state index in [1.807, 2.05) is 24.3 Å². The third kappa shape index (κ3) is 3.99. The SMILES string of the molecule is COCCC(=O)N1Cc2[nH]cnc2C(c2cnn(C)c2)C1.O=CO. The number of aromatic amines is 1. The molecule has 0 saturated heterocycles. The van der Waals surface area contributed by atoms with E-state index in [4.69, 9.17) is 14.6 Å². The molecule has 0 saturated carbocycles. The van der Waals surface area contributed by atoms with Crippen LogP contribution < -0.4 is 0 Å². The van der Waals surface area contributed by atoms with Gasteiger partial charge in [0, 0.05) is 38.4 Å². The second-order valence-corrected chi connectivity index (χ2v) is 5.39. The lowest BCUT2D eigenvalue weighted by molar-refractivity contribution is -0.133. The van der Waals surface area contributed by atoms with Crippen LogP contribution in [0.1, 0.15) is 29.3 Å². The summed E-state index contributed by atoms with van der Waals surface area (Å²) in [6.45, 7) is 1.41. The van der Waals surface area contributed by atoms with Gasteiger partial charge in [-0.15, -0.1) is 0 Å². The number of rotatable bonds is 4. The number of amides is 1. The summed E-state index contributed by atoms with van der Waals surface area (Å²) < 4.78 is 6.76. The van der Waals surface area contributed by atoms with Crippen molar-refractivity contribution in [1.29, 1.82) is 0 Å². The first-order chi connectivity index (χ1) is 11.6. The fourth-order valence-electron chi connectivity index (χ4n) is 2.74. The van der Waals surface area contributed by atoms with Gasteiger partial charge in [0.25, 0.3) is 6.47 Å². The highest BCUT2D eigenvalue weighted by molar-refractivity contribution is 5.76. The van der Waals surface area contributed by atoms with Crippen LogP contribution in [0.25, 0.3) is 0 Å². The number of nitrogens with one attached hydrogen (secondary N) is 1. The van der Waals surface area contributed by atoms with Gasteiger partial charge in [0.2, 0.25) is 5.91 Å². The van der Waals surface area contributed by atoms with Gasteiger partial charge in [-0.25, -0.2) is 4.98 Å². The third-order valence-electron chi connectivity index (χ3n) is 3.83. The van der Waals surface area contributed by atoms with E-state index in [0.717, 1.165) is 17.0 Å². The lowest BCUT2D eigenvalue weighted by atomic mass is 9.93. The van der Waals surface area contributed by atoms with E-state index >= 15 is 0 Å². The molecule has 1 unspecified atom stereocenters. The van der Waals surface area contributed by atoms with E-state index in [0.29, 0.717) is 26.1 Å². The van der Waals surface area contributed by atoms with Crippen molar-refractivity contribution in [3.05, 3.63) is 35.7 Å². The molecular formula is C15H21N5O4. The van der Waals surface area contributed by atoms with Gasteiger partial charge in [0.15, 0.2) is 0 Å². The Morgan fingerprint density at radius 2 is 2.33 bits per heavy atom. The highest BCUT2D eigenvalue weighted by atomic mass is 16.5. The Kier molecular flexibility index (Phi) is 6.07. The molecular weight excluding hydrogens is 314 g/mol. The quantitative estimate of drug-likeness (QED) is 0.780. The van der Waals surface area contributed by atoms with Gasteiger partial charge >= 0.3 is 0 Å². The van der Waals surface area contributed by atoms with Crippen molar-refractivity contribution in [2.45, 2.75) is 18.9 Å². The summed E-state index contributed by atoms with van der Waals surface area (Å²) in [7, 11) is 3.49. The Hall–Kier alpha value is -2.68. The minimum Gasteiger partial charge on any atom is -0.483 e. The molecule has 0 fully saturated rings. The molecule has 0 spiro atoms. The smallest absolute Gasteiger partial charge is 0.290 e. The number of fused-ring (bicyclic) bond motifs is 1. The molecule has 9 nitrogen and oxygen atoms in total. The number of hydrogen-bond acceptors (Lipinski definition) is 5. The molecule has 0 aliphatic carbocycles. The number of aryl methyl sites for hydroxylation is 1. The highest BCUT2D eigenvalue weighted by Gasteiger charge is 2.31. The molecule has 1 atom stereocenters. The van der Waals surface area contributed by atoms with Crippen LogP contribution in [0.4, 0.5) is 0 Å². The van der Waals surface area contributed by atoms with Crippen LogP contribution >= 0.6 is 0 Å². The first-order valence-corrected chi connectivity index (χ1v) is 7.46. The average Bonchev–Trinajstić information content (AvgIpc) is 3.21. The van der Waals surface area contributed by atoms with Crippen molar-refractivity contribution in [3.8, 4) is 0 Å². The number of methoxy groups -OCH3 is 1. The molecule has 130 valence electrons. The molecule has 2 N–H and O–H groups in total. The molecule has 0 bridgehead atoms. The number of hydrogen-bond donors (Lipinski definition) is 2. The van der Waals surface area contributed by atoms with Gasteiger partial charge in [-0.2, -0.15) is 5.10 Å². The third-order valence-corrected chi connectivity index (χ3v) is 3.83. The van der Waals surface area contributed by atoms with Gasteiger partial charge in [-0.3, -0.25) is 14.3 Å². The van der Waals surface area contributed by atoms with Crippen LogP contribution in [0.2, 0.25) is 0 Å². The predicted molar refractivity (Wildman–Crippen MR) is 84.2 cm³/mol. The van der Waals surface area contributed by atoms with E-state index in [1.165, 1.54) is 0 Å². The summed E-state index contributed by atoms with van der Waals surface area (Å²) in [5, 5.41) is 11.1. The molecule has 3 rings (SSSR count). The number of H-pyrrole nitrogens is 1. The summed E-state index contributed by atoms with van der Waals surface area (Å²) in [5.41, 5.74) is 3.09. The highest BCUT2D eigenvalue weighted by Crippen LogP contribution is 2.31. The maximum Gasteiger partial charge on any atom is 0.290 e. The zero-order chi connectivity index (χ0) is 17.5. The summed E-state index contributed by atoms with van der Waals surface area (Å²) in [6.07, 6.45) is 5.91. The maximum atomic E-state index is 12.3. The Balaban J connectivity index is 0.000000647. The number of carbonyl (C=O) groups excluding carboxylic acids is 1. The van der Waals surface area contributed by atoms with Crippen molar-refractivity contribution < 1.29 is 19.4 Å². The van der Waals surface area contributed by atoms with E-state index in [1.54, 1.807) is 18.1 Å². The van der Waals surface area contributed by atoms with Crippen LogP contribution in [-0.4, -0.2) is 62.4 Å². The number of aromatic nitrogens is 4. The molecule has 1 aliphatic rings. The zero-order valence-corrected chi connectivity index (χ0v) is 13.7. The lowest BCUT2D eigenvalue weighted by Gasteiger charge is -2.31. The normalized spacial score (nSPS) is 16.1. The van der Waals surface area contributed by atoms with E-state index in [9.17, 15) is 4.79 Å². The summed E-state index contributed by atoms with van der Waals surface area (Å²) >= 11 is 0. The van der Waals surface area contributed by atoms with E-state index in [-0.39, 0.29) is 18.3 Å². The van der Waals surface area contributed by atoms with Crippen LogP contribution in [0.15, 0.2) is 18.7 Å². The van der Waals surface area contributed by atoms with Gasteiger partial charge in [-0.05, 0) is 0 Å². The number of carboxylic acid groups (broad SMARTS) is 1. The largest absolute Gasteiger partial charge is 0.483 e. The van der Waals surface area contributed by atoms with Crippen LogP contribution in [-0.2, 0) is 27.9 Å². The first-order valence-electron chi connectivity index (χ1n) is 7.46. The van der Waals surface area contributed by atoms with Gasteiger partial charge in [0.1, 0.15) is 0 Å². The first kappa shape index (κ1) is 17.7. The van der Waals surface area contributed by atoms with Gasteiger partial charge in [-0.1, -0.05) is 0 Å². The maximum absolute atomic E-state index is 12.3. The Labute approximate surface area is 139 Å². The van der Waals surface area contributed by atoms with E-state index < -0.39 is 0 Å². The van der Waals surface area contributed by atoms with Crippen LogP contribution in [0.3, 0.4) is 0 Å². The summed E-state index contributed by atoms with van der Waals surface area (Å²) in [6, 6.07) is 0. The van der Waals surface area contributed by atoms with Crippen LogP contribution in [0.5, 0.6) is 0 Å². The minimum atomic E-state index is -0.250. The molecule has 0 radical (unpaired) electrons. The zero-order valence-electron chi connectivity index (χ0n) is 13.7. The van der Waals surface area contributed by atoms with E-state index in [2.05, 4.69) is 15.1 Å². The molecule has 2 aromatic rings. The molecule has 0 aromatic carbocycles. The average molecular weight is 335 g/mol. The Morgan fingerprint density at radius 1 is 1.58 bits per heavy atom. The number of carbonyl (C=O) groups is 2. The standard InChI is InChI=1S/C14H19N5O2.CH2O2/c1-18-6-10(5-17-18)11-7-19(13(20)3-4-21-2)8-12-14(11)16-9-15-12;2-1-3/h5-6,9,11H,3-4,7-8H2,1-2H3,(H,15,16);1H,(H,2,3). The van der Waals surface area contributed by atoms with Crippen molar-refractivity contribution >= 4 is 12.4 Å². The second-order valence-electron chi connectivity index (χ2n) is 5.39. The monoisotopic (exact) mass is 335 g/mol. The molecule has 24 heavy (non-hydrogen) atoms.